The maximum Gasteiger partial charge on any atom is 0.323 e. The highest BCUT2D eigenvalue weighted by atomic mass is 35.5. The Bertz CT molecular complexity index is 1320. The molecule has 1 fully saturated rings. The first-order valence-corrected chi connectivity index (χ1v) is 12.3. The van der Waals surface area contributed by atoms with Crippen molar-refractivity contribution in [3.05, 3.63) is 53.8 Å². The van der Waals surface area contributed by atoms with E-state index in [2.05, 4.69) is 30.7 Å². The van der Waals surface area contributed by atoms with E-state index in [1.807, 2.05) is 48.7 Å². The summed E-state index contributed by atoms with van der Waals surface area (Å²) in [6.45, 7) is 2.82. The average Bonchev–Trinajstić information content (AvgIpc) is 3.35. The minimum Gasteiger partial charge on any atom is -0.378 e. The number of amides is 2. The quantitative estimate of drug-likeness (QED) is 0.267. The molecule has 1 saturated heterocycles. The predicted octanol–water partition coefficient (Wildman–Crippen LogP) is 4.88. The molecule has 0 spiro atoms. The lowest BCUT2D eigenvalue weighted by Crippen LogP contribution is -2.37. The van der Waals surface area contributed by atoms with Crippen molar-refractivity contribution in [1.29, 1.82) is 0 Å². The van der Waals surface area contributed by atoms with Crippen LogP contribution in [0.3, 0.4) is 0 Å². The number of aromatic amines is 1. The van der Waals surface area contributed by atoms with Gasteiger partial charge < -0.3 is 20.3 Å². The Kier molecular flexibility index (Phi) is 6.52. The number of rotatable bonds is 5. The van der Waals surface area contributed by atoms with Gasteiger partial charge in [0, 0.05) is 29.7 Å². The summed E-state index contributed by atoms with van der Waals surface area (Å²) in [6, 6.07) is 12.6. The molecular weight excluding hydrogens is 474 g/mol. The van der Waals surface area contributed by atoms with Crippen molar-refractivity contribution >= 4 is 57.5 Å². The van der Waals surface area contributed by atoms with E-state index < -0.39 is 0 Å². The molecule has 3 heterocycles. The summed E-state index contributed by atoms with van der Waals surface area (Å²) in [5, 5.41) is 13.9. The number of thioether (sulfide) groups is 1. The molecule has 2 amide bonds. The Balaban J connectivity index is 1.33. The lowest BCUT2D eigenvalue weighted by molar-refractivity contribution is 0.122. The molecular formula is C23H22ClN7O2S. The van der Waals surface area contributed by atoms with Crippen LogP contribution in [0.5, 0.6) is 0 Å². The Morgan fingerprint density at radius 1 is 1.12 bits per heavy atom. The highest BCUT2D eigenvalue weighted by molar-refractivity contribution is 7.98. The van der Waals surface area contributed by atoms with Crippen LogP contribution in [0.4, 0.5) is 22.0 Å². The summed E-state index contributed by atoms with van der Waals surface area (Å²) in [4.78, 5) is 24.9. The predicted molar refractivity (Wildman–Crippen MR) is 136 cm³/mol. The summed E-state index contributed by atoms with van der Waals surface area (Å²) in [7, 11) is 0. The van der Waals surface area contributed by atoms with Crippen molar-refractivity contribution in [1.82, 2.24) is 20.2 Å². The summed E-state index contributed by atoms with van der Waals surface area (Å²) in [6.07, 6.45) is 3.64. The molecule has 11 heteroatoms. The number of hydrogen-bond donors (Lipinski definition) is 3. The van der Waals surface area contributed by atoms with Gasteiger partial charge in [-0.05, 0) is 42.7 Å². The van der Waals surface area contributed by atoms with E-state index in [9.17, 15) is 4.79 Å². The monoisotopic (exact) mass is 495 g/mol. The van der Waals surface area contributed by atoms with Crippen molar-refractivity contribution < 1.29 is 9.53 Å². The Morgan fingerprint density at radius 3 is 2.68 bits per heavy atom. The molecule has 1 aliphatic rings. The van der Waals surface area contributed by atoms with Crippen molar-refractivity contribution in [2.75, 3.05) is 48.1 Å². The number of benzene rings is 2. The van der Waals surface area contributed by atoms with E-state index in [-0.39, 0.29) is 6.03 Å². The van der Waals surface area contributed by atoms with Gasteiger partial charge in [0.15, 0.2) is 5.82 Å². The van der Waals surface area contributed by atoms with Crippen molar-refractivity contribution in [2.24, 2.45) is 0 Å². The maximum absolute atomic E-state index is 12.5. The van der Waals surface area contributed by atoms with Crippen LogP contribution < -0.4 is 15.5 Å². The number of nitrogens with zero attached hydrogens (tertiary/aromatic N) is 4. The Morgan fingerprint density at radius 2 is 1.91 bits per heavy atom. The van der Waals surface area contributed by atoms with Gasteiger partial charge in [-0.15, -0.1) is 11.8 Å². The van der Waals surface area contributed by atoms with Crippen LogP contribution in [0.25, 0.3) is 22.3 Å². The molecule has 174 valence electrons. The van der Waals surface area contributed by atoms with Crippen LogP contribution in [0.2, 0.25) is 5.15 Å². The van der Waals surface area contributed by atoms with Gasteiger partial charge in [-0.2, -0.15) is 5.10 Å². The van der Waals surface area contributed by atoms with E-state index >= 15 is 0 Å². The fourth-order valence-electron chi connectivity index (χ4n) is 3.77. The normalized spacial score (nSPS) is 13.8. The van der Waals surface area contributed by atoms with Gasteiger partial charge in [-0.25, -0.2) is 14.8 Å². The Labute approximate surface area is 205 Å². The molecule has 2 aromatic carbocycles. The summed E-state index contributed by atoms with van der Waals surface area (Å²) < 4.78 is 5.47. The number of hydrogen-bond acceptors (Lipinski definition) is 7. The Hall–Kier alpha value is -3.34. The molecule has 3 N–H and O–H groups in total. The van der Waals surface area contributed by atoms with E-state index in [0.29, 0.717) is 35.6 Å². The van der Waals surface area contributed by atoms with Gasteiger partial charge in [0.05, 0.1) is 35.5 Å². The minimum absolute atomic E-state index is 0.348. The molecule has 0 saturated carbocycles. The van der Waals surface area contributed by atoms with Crippen molar-refractivity contribution in [3.63, 3.8) is 0 Å². The third-order valence-corrected chi connectivity index (χ3v) is 6.62. The maximum atomic E-state index is 12.5. The number of nitrogens with one attached hydrogen (secondary N) is 3. The van der Waals surface area contributed by atoms with E-state index in [1.165, 1.54) is 11.8 Å². The van der Waals surface area contributed by atoms with Crippen LogP contribution in [-0.4, -0.2) is 58.8 Å². The third kappa shape index (κ3) is 4.65. The molecule has 4 aromatic rings. The molecule has 0 radical (unpaired) electrons. The van der Waals surface area contributed by atoms with Gasteiger partial charge in [-0.3, -0.25) is 5.10 Å². The van der Waals surface area contributed by atoms with Crippen LogP contribution in [0, 0.1) is 0 Å². The zero-order valence-electron chi connectivity index (χ0n) is 18.3. The van der Waals surface area contributed by atoms with Crippen LogP contribution in [0.15, 0.2) is 53.6 Å². The molecule has 0 bridgehead atoms. The summed E-state index contributed by atoms with van der Waals surface area (Å²) >= 11 is 8.04. The minimum atomic E-state index is -0.348. The smallest absolute Gasteiger partial charge is 0.323 e. The first-order valence-electron chi connectivity index (χ1n) is 10.7. The molecule has 9 nitrogen and oxygen atoms in total. The van der Waals surface area contributed by atoms with Crippen LogP contribution in [0.1, 0.15) is 0 Å². The van der Waals surface area contributed by atoms with Gasteiger partial charge >= 0.3 is 6.03 Å². The number of carbonyl (C=O) groups is 1. The fraction of sp³-hybridized carbons (Fsp3) is 0.217. The molecule has 5 rings (SSSR count). The van der Waals surface area contributed by atoms with Crippen molar-refractivity contribution in [2.45, 2.75) is 4.90 Å². The SMILES string of the molecule is CSc1c(Cl)nc(-c2ccc(NC(=O)Nc3cccc4[nH]ncc34)cc2)nc1N1CCOCC1. The van der Waals surface area contributed by atoms with Gasteiger partial charge in [0.2, 0.25) is 0 Å². The standard InChI is InChI=1S/C23H22ClN7O2S/c1-34-19-20(24)28-21(29-22(19)31-9-11-33-12-10-31)14-5-7-15(8-6-14)26-23(32)27-17-3-2-4-18-16(17)13-25-30-18/h2-8,13H,9-12H2,1H3,(H,25,30)(H2,26,27,32). The second kappa shape index (κ2) is 9.88. The van der Waals surface area contributed by atoms with Crippen LogP contribution in [-0.2, 0) is 4.74 Å². The number of carbonyl (C=O) groups excluding carboxylic acids is 1. The number of aromatic nitrogens is 4. The summed E-state index contributed by atoms with van der Waals surface area (Å²) in [5.74, 6) is 1.35. The molecule has 2 aromatic heterocycles. The van der Waals surface area contributed by atoms with E-state index in [0.717, 1.165) is 40.3 Å². The van der Waals surface area contributed by atoms with Crippen LogP contribution >= 0.6 is 23.4 Å². The fourth-order valence-corrected chi connectivity index (χ4v) is 4.74. The zero-order chi connectivity index (χ0) is 23.5. The molecule has 0 aliphatic carbocycles. The largest absolute Gasteiger partial charge is 0.378 e. The first-order chi connectivity index (χ1) is 16.6. The highest BCUT2D eigenvalue weighted by Gasteiger charge is 2.21. The molecule has 34 heavy (non-hydrogen) atoms. The highest BCUT2D eigenvalue weighted by Crippen LogP contribution is 2.35. The number of anilines is 3. The number of morpholine rings is 1. The zero-order valence-corrected chi connectivity index (χ0v) is 19.9. The van der Waals surface area contributed by atoms with E-state index in [4.69, 9.17) is 21.3 Å². The van der Waals surface area contributed by atoms with Gasteiger partial charge in [0.25, 0.3) is 0 Å². The lowest BCUT2D eigenvalue weighted by Gasteiger charge is -2.29. The number of urea groups is 1. The number of halogens is 1. The number of fused-ring (bicyclic) bond motifs is 1. The average molecular weight is 496 g/mol. The summed E-state index contributed by atoms with van der Waals surface area (Å²) in [5.41, 5.74) is 2.97. The second-order valence-electron chi connectivity index (χ2n) is 7.59. The molecule has 0 unspecified atom stereocenters. The number of ether oxygens (including phenoxy) is 1. The van der Waals surface area contributed by atoms with E-state index in [1.54, 1.807) is 6.20 Å². The van der Waals surface area contributed by atoms with Gasteiger partial charge in [-0.1, -0.05) is 17.7 Å². The molecule has 0 atom stereocenters. The second-order valence-corrected chi connectivity index (χ2v) is 8.76. The topological polar surface area (TPSA) is 108 Å². The third-order valence-electron chi connectivity index (χ3n) is 5.46. The molecule has 1 aliphatic heterocycles. The van der Waals surface area contributed by atoms with Gasteiger partial charge in [0.1, 0.15) is 11.0 Å². The first kappa shape index (κ1) is 22.5. The number of H-pyrrole nitrogens is 1. The van der Waals surface area contributed by atoms with Crippen molar-refractivity contribution in [3.8, 4) is 11.4 Å². The lowest BCUT2D eigenvalue weighted by atomic mass is 10.2.